The summed E-state index contributed by atoms with van der Waals surface area (Å²) < 4.78 is 0. The molecule has 1 atom stereocenters. The Kier molecular flexibility index (Phi) is 3.01. The minimum absolute atomic E-state index is 0.0636. The maximum atomic E-state index is 11.7. The van der Waals surface area contributed by atoms with Gasteiger partial charge < -0.3 is 10.6 Å². The Balaban J connectivity index is 2.41. The number of nitro benzene ring substituents is 1. The first kappa shape index (κ1) is 11.8. The van der Waals surface area contributed by atoms with Gasteiger partial charge in [-0.25, -0.2) is 0 Å². The molecule has 0 spiro atoms. The fourth-order valence-electron chi connectivity index (χ4n) is 1.78. The lowest BCUT2D eigenvalue weighted by molar-refractivity contribution is -0.384. The number of alkyl halides is 1. The van der Waals surface area contributed by atoms with Crippen LogP contribution < -0.4 is 10.6 Å². The van der Waals surface area contributed by atoms with Crippen LogP contribution in [0.3, 0.4) is 0 Å². The second-order valence-electron chi connectivity index (χ2n) is 3.81. The maximum absolute atomic E-state index is 11.7. The minimum atomic E-state index is -0.505. The highest BCUT2D eigenvalue weighted by Crippen LogP contribution is 2.32. The van der Waals surface area contributed by atoms with E-state index in [-0.39, 0.29) is 16.4 Å². The van der Waals surface area contributed by atoms with Crippen LogP contribution in [0.25, 0.3) is 0 Å². The molecule has 7 heteroatoms. The van der Waals surface area contributed by atoms with Gasteiger partial charge >= 0.3 is 0 Å². The van der Waals surface area contributed by atoms with E-state index in [4.69, 9.17) is 5.73 Å². The number of nitrogens with zero attached hydrogens (tertiary/aromatic N) is 2. The number of nitrogen functional groups attached to an aromatic ring is 1. The van der Waals surface area contributed by atoms with Crippen LogP contribution >= 0.6 is 15.9 Å². The van der Waals surface area contributed by atoms with E-state index >= 15 is 0 Å². The lowest BCUT2D eigenvalue weighted by atomic mass is 10.2. The quantitative estimate of drug-likeness (QED) is 0.389. The van der Waals surface area contributed by atoms with Crippen molar-refractivity contribution < 1.29 is 9.72 Å². The molecular weight excluding hydrogens is 290 g/mol. The Morgan fingerprint density at radius 3 is 2.76 bits per heavy atom. The maximum Gasteiger partial charge on any atom is 0.271 e. The molecule has 2 rings (SSSR count). The zero-order valence-electron chi connectivity index (χ0n) is 8.80. The van der Waals surface area contributed by atoms with Gasteiger partial charge in [-0.15, -0.1) is 0 Å². The molecule has 0 radical (unpaired) electrons. The second-order valence-corrected chi connectivity index (χ2v) is 5.10. The highest BCUT2D eigenvalue weighted by Gasteiger charge is 2.30. The number of non-ortho nitro benzene ring substituents is 1. The molecule has 1 saturated heterocycles. The van der Waals surface area contributed by atoms with Crippen LogP contribution in [0, 0.1) is 10.1 Å². The van der Waals surface area contributed by atoms with Gasteiger partial charge in [0.2, 0.25) is 5.91 Å². The normalized spacial score (nSPS) is 19.7. The molecule has 1 aromatic rings. The van der Waals surface area contributed by atoms with E-state index in [1.807, 2.05) is 0 Å². The lowest BCUT2D eigenvalue weighted by Crippen LogP contribution is -2.25. The first-order valence-corrected chi connectivity index (χ1v) is 5.89. The Bertz CT molecular complexity index is 492. The number of carbonyl (C=O) groups is 1. The zero-order chi connectivity index (χ0) is 12.6. The number of carbonyl (C=O) groups excluding carboxylic acids is 1. The number of anilines is 2. The molecule has 1 unspecified atom stereocenters. The number of nitrogens with two attached hydrogens (primary N) is 1. The van der Waals surface area contributed by atoms with E-state index in [0.29, 0.717) is 24.3 Å². The number of amides is 1. The summed E-state index contributed by atoms with van der Waals surface area (Å²) in [5, 5.41) is 10.7. The minimum Gasteiger partial charge on any atom is -0.397 e. The predicted molar refractivity (Wildman–Crippen MR) is 67.2 cm³/mol. The molecule has 0 saturated carbocycles. The molecule has 6 nitrogen and oxygen atoms in total. The number of halogens is 1. The molecule has 0 bridgehead atoms. The summed E-state index contributed by atoms with van der Waals surface area (Å²) in [6.07, 6.45) is 0.377. The summed E-state index contributed by atoms with van der Waals surface area (Å²) in [6.45, 7) is 0.476. The fraction of sp³-hybridized carbons (Fsp3) is 0.300. The molecule has 2 N–H and O–H groups in total. The summed E-state index contributed by atoms with van der Waals surface area (Å²) in [7, 11) is 0. The molecule has 1 fully saturated rings. The van der Waals surface area contributed by atoms with Gasteiger partial charge in [0.25, 0.3) is 5.69 Å². The number of benzene rings is 1. The number of hydrogen-bond acceptors (Lipinski definition) is 4. The van der Waals surface area contributed by atoms with E-state index in [9.17, 15) is 14.9 Å². The second kappa shape index (κ2) is 4.33. The van der Waals surface area contributed by atoms with Crippen molar-refractivity contribution in [3.63, 3.8) is 0 Å². The van der Waals surface area contributed by atoms with E-state index in [0.717, 1.165) is 0 Å². The Hall–Kier alpha value is -1.63. The average Bonchev–Trinajstić information content (AvgIpc) is 2.58. The van der Waals surface area contributed by atoms with Crippen molar-refractivity contribution in [2.24, 2.45) is 0 Å². The van der Waals surface area contributed by atoms with E-state index in [2.05, 4.69) is 15.9 Å². The van der Waals surface area contributed by atoms with Crippen molar-refractivity contribution in [3.05, 3.63) is 28.3 Å². The molecule has 1 aliphatic rings. The summed E-state index contributed by atoms with van der Waals surface area (Å²) in [6, 6.07) is 4.10. The molecule has 1 aliphatic heterocycles. The van der Waals surface area contributed by atoms with Crippen LogP contribution in [-0.2, 0) is 4.79 Å². The fourth-order valence-corrected chi connectivity index (χ4v) is 2.34. The molecule has 0 aliphatic carbocycles. The van der Waals surface area contributed by atoms with Gasteiger partial charge in [-0.3, -0.25) is 14.9 Å². The third-order valence-electron chi connectivity index (χ3n) is 2.59. The van der Waals surface area contributed by atoms with Crippen LogP contribution in [0.4, 0.5) is 17.1 Å². The van der Waals surface area contributed by atoms with Gasteiger partial charge in [-0.1, -0.05) is 15.9 Å². The van der Waals surface area contributed by atoms with E-state index < -0.39 is 4.92 Å². The van der Waals surface area contributed by atoms with Crippen LogP contribution in [0.2, 0.25) is 0 Å². The summed E-state index contributed by atoms with van der Waals surface area (Å²) in [5.41, 5.74) is 6.45. The summed E-state index contributed by atoms with van der Waals surface area (Å²) >= 11 is 3.35. The van der Waals surface area contributed by atoms with Crippen LogP contribution in [-0.4, -0.2) is 22.2 Å². The van der Waals surface area contributed by atoms with Crippen LogP contribution in [0.1, 0.15) is 6.42 Å². The largest absolute Gasteiger partial charge is 0.397 e. The molecule has 1 heterocycles. The lowest BCUT2D eigenvalue weighted by Gasteiger charge is -2.17. The first-order valence-electron chi connectivity index (χ1n) is 4.97. The predicted octanol–water partition coefficient (Wildman–Crippen LogP) is 1.68. The van der Waals surface area contributed by atoms with Crippen LogP contribution in [0.5, 0.6) is 0 Å². The number of hydrogen-bond donors (Lipinski definition) is 1. The average molecular weight is 300 g/mol. The van der Waals surface area contributed by atoms with E-state index in [1.165, 1.54) is 23.1 Å². The number of rotatable bonds is 2. The molecule has 17 heavy (non-hydrogen) atoms. The van der Waals surface area contributed by atoms with Gasteiger partial charge in [0.15, 0.2) is 0 Å². The van der Waals surface area contributed by atoms with Gasteiger partial charge in [0, 0.05) is 29.9 Å². The zero-order valence-corrected chi connectivity index (χ0v) is 10.4. The SMILES string of the molecule is Nc1ccc([N+](=O)[O-])cc1N1CC(Br)CC1=O. The number of nitro groups is 1. The van der Waals surface area contributed by atoms with Crippen molar-refractivity contribution in [3.8, 4) is 0 Å². The molecule has 1 aromatic carbocycles. The summed E-state index contributed by atoms with van der Waals surface area (Å²) in [5.74, 6) is -0.0842. The van der Waals surface area contributed by atoms with Crippen molar-refractivity contribution >= 4 is 38.9 Å². The third kappa shape index (κ3) is 2.23. The van der Waals surface area contributed by atoms with Crippen molar-refractivity contribution in [2.75, 3.05) is 17.2 Å². The molecular formula is C10H10BrN3O3. The Morgan fingerprint density at radius 2 is 2.24 bits per heavy atom. The van der Waals surface area contributed by atoms with Crippen LogP contribution in [0.15, 0.2) is 18.2 Å². The van der Waals surface area contributed by atoms with Crippen molar-refractivity contribution in [1.29, 1.82) is 0 Å². The van der Waals surface area contributed by atoms with E-state index in [1.54, 1.807) is 0 Å². The third-order valence-corrected chi connectivity index (χ3v) is 3.21. The Labute approximate surface area is 106 Å². The van der Waals surface area contributed by atoms with Gasteiger partial charge in [-0.2, -0.15) is 0 Å². The topological polar surface area (TPSA) is 89.5 Å². The highest BCUT2D eigenvalue weighted by molar-refractivity contribution is 9.09. The van der Waals surface area contributed by atoms with Crippen molar-refractivity contribution in [1.82, 2.24) is 0 Å². The molecule has 90 valence electrons. The monoisotopic (exact) mass is 299 g/mol. The molecule has 0 aromatic heterocycles. The smallest absolute Gasteiger partial charge is 0.271 e. The highest BCUT2D eigenvalue weighted by atomic mass is 79.9. The van der Waals surface area contributed by atoms with Gasteiger partial charge in [0.1, 0.15) is 0 Å². The van der Waals surface area contributed by atoms with Gasteiger partial charge in [-0.05, 0) is 6.07 Å². The molecule has 1 amide bonds. The van der Waals surface area contributed by atoms with Crippen molar-refractivity contribution in [2.45, 2.75) is 11.2 Å². The first-order chi connectivity index (χ1) is 7.99. The Morgan fingerprint density at radius 1 is 1.53 bits per heavy atom. The van der Waals surface area contributed by atoms with Gasteiger partial charge in [0.05, 0.1) is 16.3 Å². The standard InChI is InChI=1S/C10H10BrN3O3/c11-6-3-10(15)13(5-6)9-4-7(14(16)17)1-2-8(9)12/h1-2,4,6H,3,5,12H2. The summed E-state index contributed by atoms with van der Waals surface area (Å²) in [4.78, 5) is 23.4.